The molecule has 2 aliphatic heterocycles. The van der Waals surface area contributed by atoms with Gasteiger partial charge in [0, 0.05) is 64.6 Å². The van der Waals surface area contributed by atoms with Crippen molar-refractivity contribution in [2.24, 2.45) is 5.92 Å². The molecule has 24 heavy (non-hydrogen) atoms. The van der Waals surface area contributed by atoms with E-state index in [4.69, 9.17) is 0 Å². The second-order valence-electron chi connectivity index (χ2n) is 7.45. The molecule has 0 aromatic carbocycles. The lowest BCUT2D eigenvalue weighted by Crippen LogP contribution is -2.49. The van der Waals surface area contributed by atoms with Gasteiger partial charge in [-0.25, -0.2) is 0 Å². The van der Waals surface area contributed by atoms with Gasteiger partial charge in [0.15, 0.2) is 0 Å². The maximum Gasteiger partial charge on any atom is 0.222 e. The Morgan fingerprint density at radius 3 is 2.50 bits per heavy atom. The van der Waals surface area contributed by atoms with Crippen LogP contribution >= 0.6 is 0 Å². The van der Waals surface area contributed by atoms with Crippen LogP contribution in [0.5, 0.6) is 0 Å². The van der Waals surface area contributed by atoms with Crippen molar-refractivity contribution in [3.8, 4) is 0 Å². The zero-order valence-corrected chi connectivity index (χ0v) is 15.1. The number of piperidine rings is 1. The molecule has 0 radical (unpaired) electrons. The van der Waals surface area contributed by atoms with Gasteiger partial charge >= 0.3 is 0 Å². The Kier molecular flexibility index (Phi) is 6.32. The predicted octanol–water partition coefficient (Wildman–Crippen LogP) is 1.75. The highest BCUT2D eigenvalue weighted by molar-refractivity contribution is 5.76. The van der Waals surface area contributed by atoms with Crippen LogP contribution in [0.4, 0.5) is 0 Å². The average Bonchev–Trinajstić information content (AvgIpc) is 3.12. The predicted molar refractivity (Wildman–Crippen MR) is 96.9 cm³/mol. The number of rotatable bonds is 6. The van der Waals surface area contributed by atoms with Crippen molar-refractivity contribution in [3.63, 3.8) is 0 Å². The van der Waals surface area contributed by atoms with Gasteiger partial charge in [-0.1, -0.05) is 0 Å². The Bertz CT molecular complexity index is 493. The fraction of sp³-hybridized carbons (Fsp3) is 0.737. The molecule has 1 amide bonds. The monoisotopic (exact) mass is 332 g/mol. The van der Waals surface area contributed by atoms with Crippen molar-refractivity contribution in [1.29, 1.82) is 0 Å². The van der Waals surface area contributed by atoms with E-state index >= 15 is 0 Å². The lowest BCUT2D eigenvalue weighted by atomic mass is 9.93. The quantitative estimate of drug-likeness (QED) is 0.795. The van der Waals surface area contributed by atoms with E-state index in [0.717, 1.165) is 58.0 Å². The number of piperazine rings is 1. The molecule has 5 nitrogen and oxygen atoms in total. The number of hydrogen-bond donors (Lipinski definition) is 0. The summed E-state index contributed by atoms with van der Waals surface area (Å²) in [4.78, 5) is 19.4. The molecule has 5 heteroatoms. The highest BCUT2D eigenvalue weighted by Gasteiger charge is 2.23. The number of amides is 1. The second-order valence-corrected chi connectivity index (χ2v) is 7.45. The van der Waals surface area contributed by atoms with Crippen LogP contribution in [-0.2, 0) is 11.3 Å². The Morgan fingerprint density at radius 1 is 1.04 bits per heavy atom. The normalized spacial score (nSPS) is 23.5. The summed E-state index contributed by atoms with van der Waals surface area (Å²) in [5.74, 6) is 1.09. The first-order chi connectivity index (χ1) is 11.7. The standard InChI is InChI=1S/C19H32N4O/c1-20-8-4-5-18(17-20)6-7-19(24)23-15-13-22(14-16-23)12-11-21-9-2-3-10-21/h2-3,9-10,18H,4-8,11-17H2,1H3/t18-/m0/s1. The number of aromatic nitrogens is 1. The summed E-state index contributed by atoms with van der Waals surface area (Å²) < 4.78 is 2.22. The summed E-state index contributed by atoms with van der Waals surface area (Å²) in [6.45, 7) is 8.32. The molecule has 2 fully saturated rings. The van der Waals surface area contributed by atoms with Gasteiger partial charge in [0.2, 0.25) is 5.91 Å². The molecule has 3 heterocycles. The molecular weight excluding hydrogens is 300 g/mol. The maximum atomic E-state index is 12.5. The first kappa shape index (κ1) is 17.5. The Labute approximate surface area is 146 Å². The van der Waals surface area contributed by atoms with Crippen molar-refractivity contribution >= 4 is 5.91 Å². The van der Waals surface area contributed by atoms with Gasteiger partial charge in [0.25, 0.3) is 0 Å². The summed E-state index contributed by atoms with van der Waals surface area (Å²) in [6.07, 6.45) is 8.62. The van der Waals surface area contributed by atoms with E-state index in [-0.39, 0.29) is 0 Å². The third-order valence-corrected chi connectivity index (χ3v) is 5.55. The minimum Gasteiger partial charge on any atom is -0.353 e. The lowest BCUT2D eigenvalue weighted by Gasteiger charge is -2.35. The Morgan fingerprint density at radius 2 is 1.79 bits per heavy atom. The van der Waals surface area contributed by atoms with Crippen LogP contribution in [-0.4, -0.2) is 78.0 Å². The number of carbonyl (C=O) groups is 1. The van der Waals surface area contributed by atoms with Gasteiger partial charge in [0.1, 0.15) is 0 Å². The second kappa shape index (κ2) is 8.67. The summed E-state index contributed by atoms with van der Waals surface area (Å²) in [7, 11) is 2.20. The molecule has 0 bridgehead atoms. The molecule has 2 saturated heterocycles. The highest BCUT2D eigenvalue weighted by Crippen LogP contribution is 2.20. The molecule has 0 saturated carbocycles. The summed E-state index contributed by atoms with van der Waals surface area (Å²) >= 11 is 0. The minimum atomic E-state index is 0.369. The highest BCUT2D eigenvalue weighted by atomic mass is 16.2. The first-order valence-corrected chi connectivity index (χ1v) is 9.50. The molecule has 0 spiro atoms. The lowest BCUT2D eigenvalue weighted by molar-refractivity contribution is -0.133. The molecular formula is C19H32N4O. The smallest absolute Gasteiger partial charge is 0.222 e. The molecule has 134 valence electrons. The van der Waals surface area contributed by atoms with E-state index < -0.39 is 0 Å². The SMILES string of the molecule is CN1CCC[C@@H](CCC(=O)N2CCN(CCn3cccc3)CC2)C1. The van der Waals surface area contributed by atoms with Gasteiger partial charge < -0.3 is 14.4 Å². The summed E-state index contributed by atoms with van der Waals surface area (Å²) in [5, 5.41) is 0. The zero-order chi connectivity index (χ0) is 16.8. The van der Waals surface area contributed by atoms with Crippen molar-refractivity contribution < 1.29 is 4.79 Å². The molecule has 0 unspecified atom stereocenters. The largest absolute Gasteiger partial charge is 0.353 e. The number of nitrogens with zero attached hydrogens (tertiary/aromatic N) is 4. The average molecular weight is 332 g/mol. The number of likely N-dealkylation sites (tertiary alicyclic amines) is 1. The fourth-order valence-electron chi connectivity index (χ4n) is 3.99. The van der Waals surface area contributed by atoms with E-state index in [9.17, 15) is 4.79 Å². The fourth-order valence-corrected chi connectivity index (χ4v) is 3.99. The summed E-state index contributed by atoms with van der Waals surface area (Å²) in [5.41, 5.74) is 0. The van der Waals surface area contributed by atoms with Crippen molar-refractivity contribution in [3.05, 3.63) is 24.5 Å². The topological polar surface area (TPSA) is 31.7 Å². The Hall–Kier alpha value is -1.33. The Balaban J connectivity index is 1.32. The first-order valence-electron chi connectivity index (χ1n) is 9.50. The van der Waals surface area contributed by atoms with Crippen LogP contribution in [0, 0.1) is 5.92 Å². The van der Waals surface area contributed by atoms with Gasteiger partial charge in [0.05, 0.1) is 0 Å². The van der Waals surface area contributed by atoms with E-state index in [0.29, 0.717) is 5.91 Å². The number of hydrogen-bond acceptors (Lipinski definition) is 3. The minimum absolute atomic E-state index is 0.369. The molecule has 3 rings (SSSR count). The third kappa shape index (κ3) is 5.08. The van der Waals surface area contributed by atoms with Gasteiger partial charge in [-0.15, -0.1) is 0 Å². The molecule has 0 N–H and O–H groups in total. The van der Waals surface area contributed by atoms with E-state index in [1.165, 1.54) is 25.9 Å². The molecule has 1 aromatic heterocycles. The van der Waals surface area contributed by atoms with Crippen molar-refractivity contribution in [2.75, 3.05) is 52.9 Å². The van der Waals surface area contributed by atoms with E-state index in [1.54, 1.807) is 0 Å². The molecule has 0 aliphatic carbocycles. The van der Waals surface area contributed by atoms with E-state index in [2.05, 4.69) is 50.8 Å². The van der Waals surface area contributed by atoms with Crippen molar-refractivity contribution in [2.45, 2.75) is 32.2 Å². The van der Waals surface area contributed by atoms with Crippen LogP contribution in [0.2, 0.25) is 0 Å². The van der Waals surface area contributed by atoms with Crippen molar-refractivity contribution in [1.82, 2.24) is 19.3 Å². The molecule has 2 aliphatic rings. The van der Waals surface area contributed by atoms with Gasteiger partial charge in [-0.05, 0) is 50.9 Å². The number of carbonyl (C=O) groups excluding carboxylic acids is 1. The van der Waals surface area contributed by atoms with Crippen LogP contribution < -0.4 is 0 Å². The maximum absolute atomic E-state index is 12.5. The van der Waals surface area contributed by atoms with Crippen LogP contribution in [0.3, 0.4) is 0 Å². The van der Waals surface area contributed by atoms with Crippen LogP contribution in [0.1, 0.15) is 25.7 Å². The summed E-state index contributed by atoms with van der Waals surface area (Å²) in [6, 6.07) is 4.14. The van der Waals surface area contributed by atoms with Crippen LogP contribution in [0.25, 0.3) is 0 Å². The molecule has 1 aromatic rings. The van der Waals surface area contributed by atoms with E-state index in [1.807, 2.05) is 0 Å². The zero-order valence-electron chi connectivity index (χ0n) is 15.1. The van der Waals surface area contributed by atoms with Crippen LogP contribution in [0.15, 0.2) is 24.5 Å². The van der Waals surface area contributed by atoms with Gasteiger partial charge in [-0.3, -0.25) is 9.69 Å². The van der Waals surface area contributed by atoms with Gasteiger partial charge in [-0.2, -0.15) is 0 Å². The third-order valence-electron chi connectivity index (χ3n) is 5.55. The molecule has 1 atom stereocenters.